The second kappa shape index (κ2) is 13.9. The number of phenolic OH excluding ortho intramolecular Hbond substituents is 1. The first-order valence-corrected chi connectivity index (χ1v) is 18.4. The third kappa shape index (κ3) is 8.84. The van der Waals surface area contributed by atoms with Crippen molar-refractivity contribution in [3.63, 3.8) is 0 Å². The molecule has 268 valence electrons. The molecule has 0 spiro atoms. The summed E-state index contributed by atoms with van der Waals surface area (Å²) in [6.07, 6.45) is -1.45. The molecule has 13 nitrogen and oxygen atoms in total. The normalized spacial score (nSPS) is 14.0. The second-order valence-electron chi connectivity index (χ2n) is 10.2. The van der Waals surface area contributed by atoms with Gasteiger partial charge in [-0.3, -0.25) is 4.79 Å². The highest BCUT2D eigenvalue weighted by Crippen LogP contribution is 2.41. The Morgan fingerprint density at radius 2 is 1.37 bits per heavy atom. The van der Waals surface area contributed by atoms with Gasteiger partial charge in [0, 0.05) is 12.4 Å². The number of nitrogens with zero attached hydrogens (tertiary/aromatic N) is 2. The molecule has 1 saturated carbocycles. The van der Waals surface area contributed by atoms with Gasteiger partial charge >= 0.3 is 17.7 Å². The Balaban J connectivity index is 0.000000308. The van der Waals surface area contributed by atoms with Gasteiger partial charge in [-0.2, -0.15) is 26.3 Å². The van der Waals surface area contributed by atoms with Gasteiger partial charge in [-0.05, 0) is 54.7 Å². The zero-order valence-electron chi connectivity index (χ0n) is 25.0. The maximum absolute atomic E-state index is 12.8. The zero-order valence-corrected chi connectivity index (χ0v) is 27.4. The lowest BCUT2D eigenvalue weighted by Crippen LogP contribution is -2.23. The van der Waals surface area contributed by atoms with Gasteiger partial charge in [0.1, 0.15) is 16.3 Å². The lowest BCUT2D eigenvalue weighted by molar-refractivity contribution is -0.138. The lowest BCUT2D eigenvalue weighted by atomic mass is 10.1. The molecule has 3 aromatic rings. The van der Waals surface area contributed by atoms with Gasteiger partial charge < -0.3 is 15.5 Å². The van der Waals surface area contributed by atoms with Gasteiger partial charge in [0.25, 0.3) is 15.7 Å². The molecule has 1 fully saturated rings. The van der Waals surface area contributed by atoms with Crippen LogP contribution in [0.5, 0.6) is 5.75 Å². The molecule has 1 aliphatic carbocycles. The Kier molecular flexibility index (Phi) is 11.1. The van der Waals surface area contributed by atoms with E-state index in [4.69, 9.17) is 5.11 Å². The van der Waals surface area contributed by atoms with Crippen LogP contribution >= 0.6 is 0 Å². The second-order valence-corrected chi connectivity index (χ2v) is 16.6. The van der Waals surface area contributed by atoms with Crippen LogP contribution in [0, 0.1) is 0 Å². The van der Waals surface area contributed by atoms with Crippen molar-refractivity contribution in [1.29, 1.82) is 0 Å². The fourth-order valence-electron chi connectivity index (χ4n) is 3.91. The number of hydrogen-bond acceptors (Lipinski definition) is 11. The van der Waals surface area contributed by atoms with E-state index < -0.39 is 97.0 Å². The van der Waals surface area contributed by atoms with E-state index in [1.165, 1.54) is 26.1 Å². The molecular formula is C27H25F6N3O10S3. The Morgan fingerprint density at radius 3 is 1.84 bits per heavy atom. The zero-order chi connectivity index (χ0) is 37.3. The Morgan fingerprint density at radius 1 is 0.837 bits per heavy atom. The number of carbonyl (C=O) groups excluding carboxylic acids is 1. The number of halogens is 6. The van der Waals surface area contributed by atoms with Crippen LogP contribution in [-0.4, -0.2) is 74.3 Å². The molecule has 3 N–H and O–H groups in total. The number of rotatable bonds is 9. The number of amides is 1. The van der Waals surface area contributed by atoms with Crippen LogP contribution in [0.25, 0.3) is 0 Å². The summed E-state index contributed by atoms with van der Waals surface area (Å²) in [5.41, 5.74) is -8.33. The molecule has 0 bridgehead atoms. The van der Waals surface area contributed by atoms with E-state index in [9.17, 15) is 66.3 Å². The van der Waals surface area contributed by atoms with Crippen molar-refractivity contribution in [2.75, 3.05) is 16.8 Å². The topological polar surface area (TPSA) is 215 Å². The van der Waals surface area contributed by atoms with Crippen molar-refractivity contribution in [1.82, 2.24) is 9.97 Å². The summed E-state index contributed by atoms with van der Waals surface area (Å²) in [4.78, 5) is 27.9. The average molecular weight is 762 g/mol. The van der Waals surface area contributed by atoms with Crippen LogP contribution in [0.2, 0.25) is 0 Å². The number of alkyl halides is 6. The highest BCUT2D eigenvalue weighted by molar-refractivity contribution is 7.92. The van der Waals surface area contributed by atoms with Crippen molar-refractivity contribution in [3.05, 3.63) is 65.2 Å². The summed E-state index contributed by atoms with van der Waals surface area (Å²) in [5.74, 6) is -4.25. The first-order valence-electron chi connectivity index (χ1n) is 13.6. The number of aromatic carboxylic acids is 1. The summed E-state index contributed by atoms with van der Waals surface area (Å²) < 4.78 is 147. The van der Waals surface area contributed by atoms with Crippen LogP contribution in [0.3, 0.4) is 0 Å². The van der Waals surface area contributed by atoms with Crippen molar-refractivity contribution in [2.45, 2.75) is 59.0 Å². The summed E-state index contributed by atoms with van der Waals surface area (Å²) in [5, 5.41) is 20.6. The highest BCUT2D eigenvalue weighted by atomic mass is 32.2. The Hall–Kier alpha value is -4.31. The minimum absolute atomic E-state index is 0.142. The van der Waals surface area contributed by atoms with Gasteiger partial charge in [-0.25, -0.2) is 40.0 Å². The summed E-state index contributed by atoms with van der Waals surface area (Å²) in [7, 11) is -13.7. The van der Waals surface area contributed by atoms with E-state index >= 15 is 0 Å². The lowest BCUT2D eigenvalue weighted by Gasteiger charge is -2.13. The molecule has 0 unspecified atom stereocenters. The quantitative estimate of drug-likeness (QED) is 0.202. The van der Waals surface area contributed by atoms with Crippen molar-refractivity contribution in [2.24, 2.45) is 0 Å². The van der Waals surface area contributed by atoms with E-state index in [0.29, 0.717) is 23.8 Å². The SMILES string of the molecule is CCS(=O)(=O)c1cc(C(F)(F)F)cnc1C(=O)O.CCS(=O)(=O)c1cc(C2CC2)cnc1C(=O)Nc1cc(S(=O)(=O)C(F)(F)F)ccc1O. The predicted octanol–water partition coefficient (Wildman–Crippen LogP) is 4.60. The molecule has 1 aliphatic rings. The van der Waals surface area contributed by atoms with Gasteiger partial charge in [0.2, 0.25) is 0 Å². The highest BCUT2D eigenvalue weighted by Gasteiger charge is 2.47. The fourth-order valence-corrected chi connectivity index (χ4v) is 6.82. The number of pyridine rings is 2. The number of sulfone groups is 3. The number of nitrogens with one attached hydrogen (secondary N) is 1. The average Bonchev–Trinajstić information content (AvgIpc) is 3.86. The molecule has 4 rings (SSSR count). The molecule has 0 saturated heterocycles. The number of anilines is 1. The number of carboxylic acids is 1. The standard InChI is InChI=1S/C18H17F3N2O6S2.C9H8F3NO4S/c1-2-30(26,27)15-7-11(10-3-4-10)9-22-16(15)17(25)23-13-8-12(5-6-14(13)24)31(28,29)18(19,20)21;1-2-18(16,17)6-3-5(9(10,11)12)4-13-7(6)8(14)15/h5-10,24H,2-4H2,1H3,(H,23,25);3-4H,2H2,1H3,(H,14,15). The van der Waals surface area contributed by atoms with Crippen LogP contribution in [-0.2, 0) is 35.7 Å². The number of carboxylic acid groups (broad SMARTS) is 1. The molecule has 22 heteroatoms. The van der Waals surface area contributed by atoms with Crippen molar-refractivity contribution >= 4 is 47.1 Å². The Labute approximate surface area is 274 Å². The third-order valence-electron chi connectivity index (χ3n) is 6.78. The molecule has 1 aromatic carbocycles. The third-order valence-corrected chi connectivity index (χ3v) is 11.7. The van der Waals surface area contributed by atoms with Gasteiger partial charge in [0.15, 0.2) is 25.4 Å². The number of hydrogen-bond donors (Lipinski definition) is 3. The maximum Gasteiger partial charge on any atom is 0.501 e. The predicted molar refractivity (Wildman–Crippen MR) is 157 cm³/mol. The van der Waals surface area contributed by atoms with E-state index in [2.05, 4.69) is 9.97 Å². The summed E-state index contributed by atoms with van der Waals surface area (Å²) in [6, 6.07) is 3.26. The molecule has 2 aromatic heterocycles. The summed E-state index contributed by atoms with van der Waals surface area (Å²) in [6.45, 7) is 2.57. The molecule has 2 heterocycles. The smallest absolute Gasteiger partial charge is 0.501 e. The number of phenols is 1. The fraction of sp³-hybridized carbons (Fsp3) is 0.333. The molecule has 0 atom stereocenters. The minimum Gasteiger partial charge on any atom is -0.506 e. The minimum atomic E-state index is -5.73. The first-order chi connectivity index (χ1) is 22.4. The Bertz CT molecular complexity index is 2120. The van der Waals surface area contributed by atoms with Crippen LogP contribution in [0.4, 0.5) is 32.0 Å². The van der Waals surface area contributed by atoms with E-state index in [1.54, 1.807) is 0 Å². The molecule has 0 aliphatic heterocycles. The number of aromatic hydroxyl groups is 1. The van der Waals surface area contributed by atoms with E-state index in [1.807, 2.05) is 5.32 Å². The van der Waals surface area contributed by atoms with Gasteiger partial charge in [0.05, 0.1) is 32.5 Å². The van der Waals surface area contributed by atoms with Crippen LogP contribution < -0.4 is 5.32 Å². The van der Waals surface area contributed by atoms with E-state index in [-0.39, 0.29) is 28.8 Å². The molecular weight excluding hydrogens is 736 g/mol. The van der Waals surface area contributed by atoms with Gasteiger partial charge in [-0.15, -0.1) is 0 Å². The van der Waals surface area contributed by atoms with Crippen molar-refractivity contribution in [3.8, 4) is 5.75 Å². The molecule has 49 heavy (non-hydrogen) atoms. The first kappa shape index (κ1) is 39.1. The maximum atomic E-state index is 12.8. The van der Waals surface area contributed by atoms with Crippen LogP contribution in [0.15, 0.2) is 57.4 Å². The summed E-state index contributed by atoms with van der Waals surface area (Å²) >= 11 is 0. The number of aromatic nitrogens is 2. The van der Waals surface area contributed by atoms with Crippen molar-refractivity contribution < 1.29 is 71.4 Å². The number of benzene rings is 1. The van der Waals surface area contributed by atoms with E-state index in [0.717, 1.165) is 12.8 Å². The van der Waals surface area contributed by atoms with Crippen LogP contribution in [0.1, 0.15) is 64.7 Å². The monoisotopic (exact) mass is 761 g/mol. The van der Waals surface area contributed by atoms with Gasteiger partial charge in [-0.1, -0.05) is 13.8 Å². The largest absolute Gasteiger partial charge is 0.506 e. The molecule has 1 amide bonds. The molecule has 0 radical (unpaired) electrons. The number of carbonyl (C=O) groups is 2.